The SMILES string of the molecule is CC(N)=O.Oc1cc(O)cc(O)c1. The minimum Gasteiger partial charge on any atom is -0.508 e. The number of primary amides is 1. The standard InChI is InChI=1S/C6H6O3.C2H5NO/c7-4-1-5(8)3-6(9)2-4;1-2(3)4/h1-3,7-9H;1H3,(H2,3,4). The first-order valence-corrected chi connectivity index (χ1v) is 3.40. The lowest BCUT2D eigenvalue weighted by Crippen LogP contribution is -2.01. The number of nitrogens with two attached hydrogens (primary N) is 1. The first-order valence-electron chi connectivity index (χ1n) is 3.40. The molecule has 0 saturated heterocycles. The Kier molecular flexibility index (Phi) is 4.15. The van der Waals surface area contributed by atoms with E-state index in [0.717, 1.165) is 18.2 Å². The van der Waals surface area contributed by atoms with Crippen LogP contribution >= 0.6 is 0 Å². The Balaban J connectivity index is 0.000000310. The summed E-state index contributed by atoms with van der Waals surface area (Å²) in [6, 6.07) is 3.42. The molecule has 0 bridgehead atoms. The lowest BCUT2D eigenvalue weighted by molar-refractivity contribution is -0.115. The van der Waals surface area contributed by atoms with E-state index in [0.29, 0.717) is 0 Å². The highest BCUT2D eigenvalue weighted by molar-refractivity contribution is 5.70. The Morgan fingerprint density at radius 3 is 1.38 bits per heavy atom. The molecule has 0 radical (unpaired) electrons. The summed E-state index contributed by atoms with van der Waals surface area (Å²) < 4.78 is 0. The summed E-state index contributed by atoms with van der Waals surface area (Å²) in [5.41, 5.74) is 4.47. The van der Waals surface area contributed by atoms with Crippen molar-refractivity contribution in [3.05, 3.63) is 18.2 Å². The van der Waals surface area contributed by atoms with E-state index in [4.69, 9.17) is 15.3 Å². The minimum absolute atomic E-state index is 0.146. The van der Waals surface area contributed by atoms with Gasteiger partial charge in [-0.15, -0.1) is 0 Å². The lowest BCUT2D eigenvalue weighted by Gasteiger charge is -1.94. The Hall–Kier alpha value is -1.91. The molecule has 0 fully saturated rings. The van der Waals surface area contributed by atoms with Crippen molar-refractivity contribution in [2.75, 3.05) is 0 Å². The monoisotopic (exact) mass is 185 g/mol. The summed E-state index contributed by atoms with van der Waals surface area (Å²) in [5.74, 6) is -0.771. The molecular formula is C8H11NO4. The van der Waals surface area contributed by atoms with Gasteiger partial charge in [-0.25, -0.2) is 0 Å². The van der Waals surface area contributed by atoms with E-state index in [1.54, 1.807) is 0 Å². The fourth-order valence-corrected chi connectivity index (χ4v) is 0.580. The third-order valence-corrected chi connectivity index (χ3v) is 0.887. The molecule has 0 aliphatic rings. The topological polar surface area (TPSA) is 104 Å². The normalized spacial score (nSPS) is 8.38. The van der Waals surface area contributed by atoms with Crippen molar-refractivity contribution in [3.63, 3.8) is 0 Å². The van der Waals surface area contributed by atoms with Crippen LogP contribution in [-0.2, 0) is 4.79 Å². The maximum Gasteiger partial charge on any atom is 0.214 e. The number of phenols is 3. The van der Waals surface area contributed by atoms with E-state index >= 15 is 0 Å². The zero-order valence-electron chi connectivity index (χ0n) is 7.06. The molecule has 0 atom stereocenters. The molecule has 0 unspecified atom stereocenters. The van der Waals surface area contributed by atoms with Gasteiger partial charge in [0.15, 0.2) is 0 Å². The van der Waals surface area contributed by atoms with E-state index in [-0.39, 0.29) is 23.2 Å². The number of phenolic OH excluding ortho intramolecular Hbond substituents is 3. The van der Waals surface area contributed by atoms with Crippen LogP contribution in [0.5, 0.6) is 17.2 Å². The molecule has 1 rings (SSSR count). The molecule has 1 aromatic rings. The van der Waals surface area contributed by atoms with Crippen LogP contribution in [0.25, 0.3) is 0 Å². The number of carbonyl (C=O) groups is 1. The van der Waals surface area contributed by atoms with Crippen LogP contribution in [0.4, 0.5) is 0 Å². The van der Waals surface area contributed by atoms with E-state index in [2.05, 4.69) is 5.73 Å². The van der Waals surface area contributed by atoms with Gasteiger partial charge in [0.1, 0.15) is 17.2 Å². The number of carbonyl (C=O) groups excluding carboxylic acids is 1. The highest BCUT2D eigenvalue weighted by Gasteiger charge is 1.94. The zero-order chi connectivity index (χ0) is 10.4. The summed E-state index contributed by atoms with van der Waals surface area (Å²) in [4.78, 5) is 9.22. The molecule has 0 aliphatic heterocycles. The van der Waals surface area contributed by atoms with Gasteiger partial charge in [-0.1, -0.05) is 0 Å². The summed E-state index contributed by atoms with van der Waals surface area (Å²) in [7, 11) is 0. The van der Waals surface area contributed by atoms with Crippen molar-refractivity contribution in [3.8, 4) is 17.2 Å². The van der Waals surface area contributed by atoms with Crippen LogP contribution in [-0.4, -0.2) is 21.2 Å². The molecule has 13 heavy (non-hydrogen) atoms. The quantitative estimate of drug-likeness (QED) is 0.466. The molecule has 1 amide bonds. The summed E-state index contributed by atoms with van der Waals surface area (Å²) in [5, 5.41) is 26.0. The number of rotatable bonds is 0. The predicted octanol–water partition coefficient (Wildman–Crippen LogP) is 0.295. The Bertz CT molecular complexity index is 244. The largest absolute Gasteiger partial charge is 0.508 e. The zero-order valence-corrected chi connectivity index (χ0v) is 7.06. The average Bonchev–Trinajstić information content (AvgIpc) is 1.80. The van der Waals surface area contributed by atoms with Gasteiger partial charge in [0, 0.05) is 25.1 Å². The van der Waals surface area contributed by atoms with Gasteiger partial charge in [0.2, 0.25) is 5.91 Å². The first kappa shape index (κ1) is 11.1. The second kappa shape index (κ2) is 4.87. The van der Waals surface area contributed by atoms with E-state index in [1.807, 2.05) is 0 Å². The maximum absolute atomic E-state index is 9.22. The van der Waals surface area contributed by atoms with Gasteiger partial charge in [0.05, 0.1) is 0 Å². The highest BCUT2D eigenvalue weighted by atomic mass is 16.3. The second-order valence-corrected chi connectivity index (χ2v) is 2.32. The Morgan fingerprint density at radius 2 is 1.23 bits per heavy atom. The number of aromatic hydroxyl groups is 3. The van der Waals surface area contributed by atoms with Crippen molar-refractivity contribution < 1.29 is 20.1 Å². The smallest absolute Gasteiger partial charge is 0.214 e. The molecule has 72 valence electrons. The van der Waals surface area contributed by atoms with Crippen molar-refractivity contribution in [2.45, 2.75) is 6.92 Å². The van der Waals surface area contributed by atoms with Gasteiger partial charge in [-0.05, 0) is 0 Å². The van der Waals surface area contributed by atoms with Gasteiger partial charge < -0.3 is 21.1 Å². The van der Waals surface area contributed by atoms with Crippen molar-refractivity contribution in [1.29, 1.82) is 0 Å². The van der Waals surface area contributed by atoms with Crippen LogP contribution in [0.2, 0.25) is 0 Å². The van der Waals surface area contributed by atoms with Crippen LogP contribution in [0.1, 0.15) is 6.92 Å². The molecule has 1 aromatic carbocycles. The van der Waals surface area contributed by atoms with Gasteiger partial charge in [-0.2, -0.15) is 0 Å². The number of amides is 1. The molecule has 5 heteroatoms. The number of benzene rings is 1. The fourth-order valence-electron chi connectivity index (χ4n) is 0.580. The van der Waals surface area contributed by atoms with E-state index < -0.39 is 0 Å². The summed E-state index contributed by atoms with van der Waals surface area (Å²) in [6.45, 7) is 1.31. The maximum atomic E-state index is 9.22. The molecule has 0 aliphatic carbocycles. The van der Waals surface area contributed by atoms with Crippen LogP contribution in [0, 0.1) is 0 Å². The molecule has 0 aromatic heterocycles. The van der Waals surface area contributed by atoms with Gasteiger partial charge in [-0.3, -0.25) is 4.79 Å². The van der Waals surface area contributed by atoms with Crippen LogP contribution in [0.3, 0.4) is 0 Å². The third kappa shape index (κ3) is 6.49. The predicted molar refractivity (Wildman–Crippen MR) is 46.3 cm³/mol. The van der Waals surface area contributed by atoms with Crippen molar-refractivity contribution >= 4 is 5.91 Å². The minimum atomic E-state index is -0.333. The van der Waals surface area contributed by atoms with Crippen LogP contribution < -0.4 is 5.73 Å². The van der Waals surface area contributed by atoms with Gasteiger partial charge >= 0.3 is 0 Å². The Labute approximate surface area is 75.1 Å². The first-order chi connectivity index (χ1) is 5.91. The third-order valence-electron chi connectivity index (χ3n) is 0.887. The number of hydrogen-bond donors (Lipinski definition) is 4. The Morgan fingerprint density at radius 1 is 1.08 bits per heavy atom. The fraction of sp³-hybridized carbons (Fsp3) is 0.125. The second-order valence-electron chi connectivity index (χ2n) is 2.32. The molecule has 0 heterocycles. The molecule has 0 saturated carbocycles. The molecule has 5 nitrogen and oxygen atoms in total. The average molecular weight is 185 g/mol. The van der Waals surface area contributed by atoms with Crippen molar-refractivity contribution in [2.24, 2.45) is 5.73 Å². The van der Waals surface area contributed by atoms with Crippen LogP contribution in [0.15, 0.2) is 18.2 Å². The van der Waals surface area contributed by atoms with E-state index in [9.17, 15) is 4.79 Å². The summed E-state index contributed by atoms with van der Waals surface area (Å²) >= 11 is 0. The molecule has 5 N–H and O–H groups in total. The van der Waals surface area contributed by atoms with Gasteiger partial charge in [0.25, 0.3) is 0 Å². The molecular weight excluding hydrogens is 174 g/mol. The summed E-state index contributed by atoms with van der Waals surface area (Å²) in [6.07, 6.45) is 0. The number of hydrogen-bond acceptors (Lipinski definition) is 4. The highest BCUT2D eigenvalue weighted by Crippen LogP contribution is 2.23. The molecule has 0 spiro atoms. The lowest BCUT2D eigenvalue weighted by atomic mass is 10.3. The van der Waals surface area contributed by atoms with E-state index in [1.165, 1.54) is 6.92 Å². The van der Waals surface area contributed by atoms with Crippen molar-refractivity contribution in [1.82, 2.24) is 0 Å².